The summed E-state index contributed by atoms with van der Waals surface area (Å²) in [6.07, 6.45) is 1.78. The van der Waals surface area contributed by atoms with E-state index < -0.39 is 12.7 Å². The number of hydrogen-bond donors (Lipinski definition) is 2. The van der Waals surface area contributed by atoms with Gasteiger partial charge in [-0.2, -0.15) is 0 Å². The molecule has 2 N–H and O–H groups in total. The largest absolute Gasteiger partial charge is 0.489 e. The highest BCUT2D eigenvalue weighted by Crippen LogP contribution is 2.28. The first-order chi connectivity index (χ1) is 21.2. The van der Waals surface area contributed by atoms with Crippen LogP contribution in [0.25, 0.3) is 16.6 Å². The Morgan fingerprint density at radius 3 is 2.59 bits per heavy atom. The standard InChI is InChI=1S/C34H38ClN3O6/c1-22(2)44-31-8-4-3-7-29(31)38-32(36-28-14-9-24(30(40)20-39)19-27(28)34(38)42)18-23-6-5-16-37(17-15-23)33(41)21-43-26-12-10-25(35)11-13-26/h3-4,7-14,19,22-23,30,39-40H,5-6,15-18,20-21H2,1-2H3. The van der Waals surface area contributed by atoms with Crippen molar-refractivity contribution in [1.29, 1.82) is 0 Å². The summed E-state index contributed by atoms with van der Waals surface area (Å²) in [4.78, 5) is 33.9. The van der Waals surface area contributed by atoms with Gasteiger partial charge in [0, 0.05) is 24.5 Å². The van der Waals surface area contributed by atoms with E-state index in [0.717, 1.165) is 19.3 Å². The fourth-order valence-electron chi connectivity index (χ4n) is 5.59. The van der Waals surface area contributed by atoms with Gasteiger partial charge in [-0.1, -0.05) is 29.8 Å². The van der Waals surface area contributed by atoms with Gasteiger partial charge < -0.3 is 24.6 Å². The van der Waals surface area contributed by atoms with Gasteiger partial charge in [0.2, 0.25) is 0 Å². The van der Waals surface area contributed by atoms with E-state index in [1.807, 2.05) is 43.0 Å². The van der Waals surface area contributed by atoms with Crippen molar-refractivity contribution in [1.82, 2.24) is 14.5 Å². The number of aliphatic hydroxyl groups excluding tert-OH is 2. The third-order valence-electron chi connectivity index (χ3n) is 7.84. The number of ether oxygens (including phenoxy) is 2. The summed E-state index contributed by atoms with van der Waals surface area (Å²) >= 11 is 5.94. The molecule has 1 aliphatic rings. The molecule has 4 aromatic rings. The topological polar surface area (TPSA) is 114 Å². The first-order valence-electron chi connectivity index (χ1n) is 15.0. The van der Waals surface area contributed by atoms with E-state index >= 15 is 0 Å². The number of benzene rings is 3. The monoisotopic (exact) mass is 619 g/mol. The minimum atomic E-state index is -1.10. The van der Waals surface area contributed by atoms with Crippen LogP contribution in [0.4, 0.5) is 0 Å². The minimum absolute atomic E-state index is 0.0440. The van der Waals surface area contributed by atoms with E-state index in [-0.39, 0.29) is 30.1 Å². The molecule has 1 saturated heterocycles. The zero-order chi connectivity index (χ0) is 31.2. The van der Waals surface area contributed by atoms with Crippen molar-refractivity contribution in [2.75, 3.05) is 26.3 Å². The van der Waals surface area contributed by atoms with E-state index in [1.54, 1.807) is 47.0 Å². The van der Waals surface area contributed by atoms with Gasteiger partial charge >= 0.3 is 0 Å². The smallest absolute Gasteiger partial charge is 0.266 e. The van der Waals surface area contributed by atoms with Gasteiger partial charge in [0.25, 0.3) is 11.5 Å². The molecule has 3 aromatic carbocycles. The van der Waals surface area contributed by atoms with Crippen LogP contribution < -0.4 is 15.0 Å². The van der Waals surface area contributed by atoms with Crippen molar-refractivity contribution in [3.63, 3.8) is 0 Å². The number of amides is 1. The van der Waals surface area contributed by atoms with Crippen LogP contribution in [-0.2, 0) is 11.2 Å². The number of aromatic nitrogens is 2. The molecule has 232 valence electrons. The normalized spacial score (nSPS) is 16.1. The Labute approximate surface area is 261 Å². The Hall–Kier alpha value is -3.92. The molecular weight excluding hydrogens is 582 g/mol. The molecule has 5 rings (SSSR count). The highest BCUT2D eigenvalue weighted by molar-refractivity contribution is 6.30. The summed E-state index contributed by atoms with van der Waals surface area (Å²) in [7, 11) is 0. The maximum absolute atomic E-state index is 14.2. The van der Waals surface area contributed by atoms with Crippen LogP contribution in [0.2, 0.25) is 5.02 Å². The molecule has 2 heterocycles. The fraction of sp³-hybridized carbons (Fsp3) is 0.382. The summed E-state index contributed by atoms with van der Waals surface area (Å²) < 4.78 is 13.4. The van der Waals surface area contributed by atoms with Gasteiger partial charge in [-0.15, -0.1) is 0 Å². The molecule has 0 bridgehead atoms. The number of aliphatic hydroxyl groups is 2. The van der Waals surface area contributed by atoms with Crippen molar-refractivity contribution in [2.45, 2.75) is 51.7 Å². The zero-order valence-corrected chi connectivity index (χ0v) is 25.7. The van der Waals surface area contributed by atoms with Crippen LogP contribution in [0.15, 0.2) is 71.5 Å². The summed E-state index contributed by atoms with van der Waals surface area (Å²) in [5.41, 5.74) is 1.27. The van der Waals surface area contributed by atoms with Crippen LogP contribution in [-0.4, -0.2) is 63.0 Å². The third kappa shape index (κ3) is 7.41. The molecule has 9 nitrogen and oxygen atoms in total. The predicted octanol–water partition coefficient (Wildman–Crippen LogP) is 5.10. The van der Waals surface area contributed by atoms with Gasteiger partial charge in [-0.3, -0.25) is 14.2 Å². The minimum Gasteiger partial charge on any atom is -0.489 e. The number of halogens is 1. The van der Waals surface area contributed by atoms with E-state index in [4.69, 9.17) is 26.1 Å². The van der Waals surface area contributed by atoms with Crippen molar-refractivity contribution >= 4 is 28.4 Å². The second-order valence-corrected chi connectivity index (χ2v) is 11.8. The van der Waals surface area contributed by atoms with Crippen molar-refractivity contribution in [2.24, 2.45) is 5.92 Å². The molecule has 1 aliphatic heterocycles. The molecule has 10 heteroatoms. The molecule has 0 spiro atoms. The second-order valence-electron chi connectivity index (χ2n) is 11.4. The van der Waals surface area contributed by atoms with Gasteiger partial charge in [0.05, 0.1) is 29.3 Å². The summed E-state index contributed by atoms with van der Waals surface area (Å²) in [5.74, 6) is 1.89. The van der Waals surface area contributed by atoms with Crippen molar-refractivity contribution in [3.8, 4) is 17.2 Å². The highest BCUT2D eigenvalue weighted by atomic mass is 35.5. The van der Waals surface area contributed by atoms with Gasteiger partial charge in [-0.25, -0.2) is 4.98 Å². The number of fused-ring (bicyclic) bond motifs is 1. The Morgan fingerprint density at radius 1 is 1.07 bits per heavy atom. The Morgan fingerprint density at radius 2 is 1.84 bits per heavy atom. The first kappa shape index (κ1) is 31.5. The Bertz CT molecular complexity index is 1660. The zero-order valence-electron chi connectivity index (χ0n) is 25.0. The van der Waals surface area contributed by atoms with Crippen LogP contribution in [0, 0.1) is 5.92 Å². The van der Waals surface area contributed by atoms with E-state index in [1.165, 1.54) is 0 Å². The summed E-state index contributed by atoms with van der Waals surface area (Å²) in [6, 6.07) is 19.3. The van der Waals surface area contributed by atoms with Crippen LogP contribution >= 0.6 is 11.6 Å². The molecule has 44 heavy (non-hydrogen) atoms. The number of nitrogens with zero attached hydrogens (tertiary/aromatic N) is 3. The van der Waals surface area contributed by atoms with Crippen molar-refractivity contribution < 1.29 is 24.5 Å². The maximum atomic E-state index is 14.2. The van der Waals surface area contributed by atoms with Gasteiger partial charge in [-0.05, 0) is 93.1 Å². The fourth-order valence-corrected chi connectivity index (χ4v) is 5.71. The number of carbonyl (C=O) groups is 1. The molecule has 1 amide bonds. The number of rotatable bonds is 10. The van der Waals surface area contributed by atoms with E-state index in [2.05, 4.69) is 0 Å². The number of hydrogen-bond acceptors (Lipinski definition) is 7. The van der Waals surface area contributed by atoms with E-state index in [9.17, 15) is 19.8 Å². The lowest BCUT2D eigenvalue weighted by Gasteiger charge is -2.22. The molecular formula is C34H38ClN3O6. The molecule has 2 unspecified atom stereocenters. The molecule has 2 atom stereocenters. The average molecular weight is 620 g/mol. The first-order valence-corrected chi connectivity index (χ1v) is 15.4. The van der Waals surface area contributed by atoms with Crippen molar-refractivity contribution in [3.05, 3.63) is 93.5 Å². The predicted molar refractivity (Wildman–Crippen MR) is 170 cm³/mol. The number of para-hydroxylation sites is 2. The lowest BCUT2D eigenvalue weighted by Crippen LogP contribution is -2.35. The highest BCUT2D eigenvalue weighted by Gasteiger charge is 2.25. The Balaban J connectivity index is 1.42. The molecule has 1 fully saturated rings. The Kier molecular flexibility index (Phi) is 10.2. The average Bonchev–Trinajstić information content (AvgIpc) is 3.26. The molecule has 1 aromatic heterocycles. The molecule has 0 aliphatic carbocycles. The third-order valence-corrected chi connectivity index (χ3v) is 8.09. The number of carbonyl (C=O) groups excluding carboxylic acids is 1. The molecule has 0 radical (unpaired) electrons. The molecule has 0 saturated carbocycles. The SMILES string of the molecule is CC(C)Oc1ccccc1-n1c(CC2CCCN(C(=O)COc3ccc(Cl)cc3)CC2)nc2ccc(C(O)CO)cc2c1=O. The summed E-state index contributed by atoms with van der Waals surface area (Å²) in [5, 5.41) is 20.7. The quantitative estimate of drug-likeness (QED) is 0.254. The van der Waals surface area contributed by atoms with Gasteiger partial charge in [0.1, 0.15) is 23.4 Å². The second kappa shape index (κ2) is 14.2. The van der Waals surface area contributed by atoms with E-state index in [0.29, 0.717) is 64.0 Å². The maximum Gasteiger partial charge on any atom is 0.266 e. The van der Waals surface area contributed by atoms with Crippen LogP contribution in [0.1, 0.15) is 50.6 Å². The lowest BCUT2D eigenvalue weighted by molar-refractivity contribution is -0.133. The van der Waals surface area contributed by atoms with Crippen LogP contribution in [0.5, 0.6) is 11.5 Å². The lowest BCUT2D eigenvalue weighted by atomic mass is 9.96. The number of likely N-dealkylation sites (tertiary alicyclic amines) is 1. The van der Waals surface area contributed by atoms with Gasteiger partial charge in [0.15, 0.2) is 6.61 Å². The summed E-state index contributed by atoms with van der Waals surface area (Å²) in [6.45, 7) is 4.59. The van der Waals surface area contributed by atoms with Crippen LogP contribution in [0.3, 0.4) is 0 Å².